The van der Waals surface area contributed by atoms with Crippen molar-refractivity contribution in [3.63, 3.8) is 0 Å². The first-order chi connectivity index (χ1) is 25.1. The van der Waals surface area contributed by atoms with E-state index in [0.717, 1.165) is 47.8 Å². The SMILES string of the molecule is COC(=O)N(OC)C(=O)Nc1ccc(-c2sc3c(c2CN(C)Cc2ccccc2)c(=O)n(-c2ccccc2)c(=O)n3Cc2c(F)cccc2F)cc1. The molecule has 0 spiro atoms. The monoisotopic (exact) mass is 725 g/mol. The summed E-state index contributed by atoms with van der Waals surface area (Å²) in [7, 11) is 4.16. The molecule has 3 amide bonds. The number of hydrogen-bond donors (Lipinski definition) is 1. The van der Waals surface area contributed by atoms with Crippen molar-refractivity contribution in [3.05, 3.63) is 152 Å². The summed E-state index contributed by atoms with van der Waals surface area (Å²) in [6, 6.07) is 27.4. The molecule has 0 aliphatic carbocycles. The molecular formula is C38H33F2N5O6S. The largest absolute Gasteiger partial charge is 0.451 e. The molecule has 0 saturated heterocycles. The summed E-state index contributed by atoms with van der Waals surface area (Å²) in [6.07, 6.45) is -1.02. The van der Waals surface area contributed by atoms with E-state index in [1.807, 2.05) is 42.3 Å². The van der Waals surface area contributed by atoms with Gasteiger partial charge in [-0.05, 0) is 60.1 Å². The van der Waals surface area contributed by atoms with Crippen LogP contribution in [0.1, 0.15) is 16.7 Å². The van der Waals surface area contributed by atoms with Crippen molar-refractivity contribution in [2.75, 3.05) is 26.6 Å². The van der Waals surface area contributed by atoms with Gasteiger partial charge in [-0.3, -0.25) is 19.1 Å². The van der Waals surface area contributed by atoms with Crippen LogP contribution in [0.5, 0.6) is 0 Å². The molecule has 52 heavy (non-hydrogen) atoms. The van der Waals surface area contributed by atoms with Gasteiger partial charge in [0.15, 0.2) is 0 Å². The van der Waals surface area contributed by atoms with Crippen LogP contribution in [-0.4, -0.2) is 52.5 Å². The topological polar surface area (TPSA) is 115 Å². The average Bonchev–Trinajstić information content (AvgIpc) is 3.51. The van der Waals surface area contributed by atoms with E-state index in [2.05, 4.69) is 10.1 Å². The summed E-state index contributed by atoms with van der Waals surface area (Å²) >= 11 is 1.15. The maximum atomic E-state index is 15.1. The molecular weight excluding hydrogens is 693 g/mol. The van der Waals surface area contributed by atoms with Crippen LogP contribution < -0.4 is 16.6 Å². The summed E-state index contributed by atoms with van der Waals surface area (Å²) in [5.41, 5.74) is 1.25. The number of rotatable bonds is 10. The lowest BCUT2D eigenvalue weighted by Crippen LogP contribution is -2.39. The number of carbonyl (C=O) groups excluding carboxylic acids is 2. The van der Waals surface area contributed by atoms with E-state index in [4.69, 9.17) is 4.84 Å². The number of aromatic nitrogens is 2. The van der Waals surface area contributed by atoms with Crippen LogP contribution in [0.2, 0.25) is 0 Å². The number of nitrogens with one attached hydrogen (secondary N) is 1. The summed E-state index contributed by atoms with van der Waals surface area (Å²) in [6.45, 7) is 0.327. The Morgan fingerprint density at radius 1 is 0.808 bits per heavy atom. The lowest BCUT2D eigenvalue weighted by atomic mass is 10.1. The van der Waals surface area contributed by atoms with E-state index >= 15 is 8.78 Å². The van der Waals surface area contributed by atoms with Gasteiger partial charge >= 0.3 is 17.8 Å². The number of nitrogens with zero attached hydrogens (tertiary/aromatic N) is 4. The lowest BCUT2D eigenvalue weighted by molar-refractivity contribution is -0.0639. The summed E-state index contributed by atoms with van der Waals surface area (Å²) in [5.74, 6) is -1.65. The van der Waals surface area contributed by atoms with Crippen LogP contribution in [0.15, 0.2) is 113 Å². The predicted octanol–water partition coefficient (Wildman–Crippen LogP) is 7.00. The maximum Gasteiger partial charge on any atom is 0.442 e. The van der Waals surface area contributed by atoms with Crippen molar-refractivity contribution >= 4 is 39.4 Å². The number of imide groups is 1. The van der Waals surface area contributed by atoms with E-state index in [9.17, 15) is 19.2 Å². The minimum absolute atomic E-state index is 0.228. The van der Waals surface area contributed by atoms with Gasteiger partial charge in [-0.25, -0.2) is 27.7 Å². The molecule has 0 aliphatic heterocycles. The number of methoxy groups -OCH3 is 1. The number of fused-ring (bicyclic) bond motifs is 1. The van der Waals surface area contributed by atoms with Gasteiger partial charge in [0.25, 0.3) is 5.56 Å². The zero-order chi connectivity index (χ0) is 36.9. The van der Waals surface area contributed by atoms with Crippen molar-refractivity contribution in [2.24, 2.45) is 0 Å². The van der Waals surface area contributed by atoms with Crippen molar-refractivity contribution < 1.29 is 27.9 Å². The first-order valence-corrected chi connectivity index (χ1v) is 16.8. The maximum absolute atomic E-state index is 15.1. The third kappa shape index (κ3) is 7.26. The number of carbonyl (C=O) groups is 2. The number of thiophene rings is 1. The Morgan fingerprint density at radius 3 is 2.06 bits per heavy atom. The highest BCUT2D eigenvalue weighted by Crippen LogP contribution is 2.39. The zero-order valence-electron chi connectivity index (χ0n) is 28.3. The van der Waals surface area contributed by atoms with Gasteiger partial charge in [-0.1, -0.05) is 71.8 Å². The van der Waals surface area contributed by atoms with Crippen molar-refractivity contribution in [3.8, 4) is 16.1 Å². The second-order valence-corrected chi connectivity index (χ2v) is 12.7. The van der Waals surface area contributed by atoms with Gasteiger partial charge in [0.1, 0.15) is 16.5 Å². The van der Waals surface area contributed by atoms with Crippen molar-refractivity contribution in [1.29, 1.82) is 0 Å². The van der Waals surface area contributed by atoms with E-state index < -0.39 is 41.6 Å². The van der Waals surface area contributed by atoms with Gasteiger partial charge in [0.05, 0.1) is 31.8 Å². The standard InChI is InChI=1S/C38H33F2N5O6S/c1-42(21-24-11-6-4-7-12-24)22-29-32-34(46)44(27-13-8-5-9-14-27)37(48)43(23-28-30(39)15-10-16-31(28)40)35(32)52-33(29)25-17-19-26(20-18-25)41-36(47)45(51-3)38(49)50-2/h4-20H,21-23H2,1-3H3,(H,41,47). The van der Waals surface area contributed by atoms with Crippen LogP contribution in [0.25, 0.3) is 26.3 Å². The number of urea groups is 1. The second-order valence-electron chi connectivity index (χ2n) is 11.7. The minimum atomic E-state index is -1.02. The smallest absolute Gasteiger partial charge is 0.442 e. The average molecular weight is 726 g/mol. The number of hydroxylamine groups is 2. The highest BCUT2D eigenvalue weighted by molar-refractivity contribution is 7.22. The number of hydrogen-bond acceptors (Lipinski definition) is 8. The molecule has 0 saturated carbocycles. The van der Waals surface area contributed by atoms with Crippen molar-refractivity contribution in [2.45, 2.75) is 19.6 Å². The summed E-state index contributed by atoms with van der Waals surface area (Å²) in [5, 5.41) is 3.20. The molecule has 0 bridgehead atoms. The molecule has 0 aliphatic rings. The molecule has 14 heteroatoms. The minimum Gasteiger partial charge on any atom is -0.451 e. The number of halogens is 2. The number of ether oxygens (including phenoxy) is 1. The summed E-state index contributed by atoms with van der Waals surface area (Å²) < 4.78 is 37.0. The van der Waals surface area contributed by atoms with E-state index in [-0.39, 0.29) is 22.3 Å². The van der Waals surface area contributed by atoms with Crippen LogP contribution >= 0.6 is 11.3 Å². The molecule has 1 N–H and O–H groups in total. The molecule has 0 fully saturated rings. The normalized spacial score (nSPS) is 11.2. The Balaban J connectivity index is 1.54. The molecule has 0 radical (unpaired) electrons. The third-order valence-electron chi connectivity index (χ3n) is 8.29. The Hall–Kier alpha value is -5.96. The Labute approximate surface area is 300 Å². The number of para-hydroxylation sites is 1. The van der Waals surface area contributed by atoms with Crippen molar-refractivity contribution in [1.82, 2.24) is 19.1 Å². The molecule has 4 aromatic carbocycles. The molecule has 2 aromatic heterocycles. The number of anilines is 1. The quantitative estimate of drug-likeness (QED) is 0.151. The Bertz CT molecular complexity index is 2340. The first kappa shape index (κ1) is 35.9. The van der Waals surface area contributed by atoms with Gasteiger partial charge in [0.2, 0.25) is 0 Å². The summed E-state index contributed by atoms with van der Waals surface area (Å²) in [4.78, 5) is 61.1. The van der Waals surface area contributed by atoms with E-state index in [1.165, 1.54) is 10.6 Å². The fourth-order valence-electron chi connectivity index (χ4n) is 5.86. The Morgan fingerprint density at radius 2 is 1.44 bits per heavy atom. The van der Waals surface area contributed by atoms with E-state index in [0.29, 0.717) is 39.0 Å². The second kappa shape index (κ2) is 15.5. The molecule has 0 unspecified atom stereocenters. The van der Waals surface area contributed by atoms with Crippen LogP contribution in [0.4, 0.5) is 24.1 Å². The fraction of sp³-hybridized carbons (Fsp3) is 0.158. The number of benzene rings is 4. The fourth-order valence-corrected chi connectivity index (χ4v) is 7.16. The van der Waals surface area contributed by atoms with Gasteiger partial charge < -0.3 is 10.1 Å². The Kier molecular flexibility index (Phi) is 10.7. The molecule has 11 nitrogen and oxygen atoms in total. The highest BCUT2D eigenvalue weighted by Gasteiger charge is 2.26. The number of amides is 3. The van der Waals surface area contributed by atoms with Crippen LogP contribution in [0.3, 0.4) is 0 Å². The highest BCUT2D eigenvalue weighted by atomic mass is 32.1. The first-order valence-electron chi connectivity index (χ1n) is 16.0. The molecule has 266 valence electrons. The van der Waals surface area contributed by atoms with E-state index in [1.54, 1.807) is 54.6 Å². The van der Waals surface area contributed by atoms with Crippen LogP contribution in [0, 0.1) is 11.6 Å². The van der Waals surface area contributed by atoms with Gasteiger partial charge in [0, 0.05) is 29.2 Å². The molecule has 6 aromatic rings. The van der Waals surface area contributed by atoms with Crippen LogP contribution in [-0.2, 0) is 29.2 Å². The third-order valence-corrected chi connectivity index (χ3v) is 9.60. The van der Waals surface area contributed by atoms with Gasteiger partial charge in [-0.15, -0.1) is 11.3 Å². The predicted molar refractivity (Wildman–Crippen MR) is 194 cm³/mol. The lowest BCUT2D eigenvalue weighted by Gasteiger charge is -2.18. The molecule has 2 heterocycles. The molecule has 0 atom stereocenters. The zero-order valence-corrected chi connectivity index (χ0v) is 29.2. The van der Waals surface area contributed by atoms with Gasteiger partial charge in [-0.2, -0.15) is 0 Å². The molecule has 6 rings (SSSR count).